The van der Waals surface area contributed by atoms with Crippen LogP contribution in [-0.4, -0.2) is 46.3 Å². The van der Waals surface area contributed by atoms with Gasteiger partial charge in [0.1, 0.15) is 18.3 Å². The molecule has 0 aromatic carbocycles. The van der Waals surface area contributed by atoms with Crippen LogP contribution in [0.5, 0.6) is 0 Å². The van der Waals surface area contributed by atoms with Gasteiger partial charge in [0.05, 0.1) is 12.7 Å². The number of aliphatic hydroxyl groups is 3. The van der Waals surface area contributed by atoms with Crippen molar-refractivity contribution in [1.29, 1.82) is 0 Å². The second-order valence-electron chi connectivity index (χ2n) is 2.54. The Balaban J connectivity index is 2.53. The van der Waals surface area contributed by atoms with Crippen LogP contribution in [0.4, 0.5) is 0 Å². The first-order chi connectivity index (χ1) is 4.66. The lowest BCUT2D eigenvalue weighted by atomic mass is 10.1. The summed E-state index contributed by atoms with van der Waals surface area (Å²) in [5, 5.41) is 26.8. The zero-order valence-electron chi connectivity index (χ0n) is 5.77. The van der Waals surface area contributed by atoms with Crippen LogP contribution in [0, 0.1) is 0 Å². The maximum atomic E-state index is 9.09. The van der Waals surface area contributed by atoms with Crippen LogP contribution in [-0.2, 0) is 4.74 Å². The highest BCUT2D eigenvalue weighted by Crippen LogP contribution is 2.19. The average Bonchev–Trinajstić information content (AvgIpc) is 2.17. The molecule has 10 heavy (non-hydrogen) atoms. The van der Waals surface area contributed by atoms with E-state index in [1.54, 1.807) is 6.92 Å². The van der Waals surface area contributed by atoms with Crippen LogP contribution in [0.1, 0.15) is 6.92 Å². The van der Waals surface area contributed by atoms with Gasteiger partial charge >= 0.3 is 0 Å². The second-order valence-corrected chi connectivity index (χ2v) is 2.54. The topological polar surface area (TPSA) is 69.9 Å². The molecule has 4 heteroatoms. The molecule has 0 bridgehead atoms. The molecule has 60 valence electrons. The van der Waals surface area contributed by atoms with Gasteiger partial charge in [-0.05, 0) is 6.92 Å². The fourth-order valence-corrected chi connectivity index (χ4v) is 1.09. The lowest BCUT2D eigenvalue weighted by Gasteiger charge is -2.10. The number of rotatable bonds is 1. The van der Waals surface area contributed by atoms with Crippen molar-refractivity contribution in [3.05, 3.63) is 0 Å². The Morgan fingerprint density at radius 3 is 2.10 bits per heavy atom. The molecular weight excluding hydrogens is 136 g/mol. The summed E-state index contributed by atoms with van der Waals surface area (Å²) in [6.45, 7) is 1.41. The van der Waals surface area contributed by atoms with E-state index in [1.165, 1.54) is 0 Å². The minimum Gasteiger partial charge on any atom is -0.394 e. The molecule has 3 N–H and O–H groups in total. The van der Waals surface area contributed by atoms with Gasteiger partial charge in [0.15, 0.2) is 0 Å². The van der Waals surface area contributed by atoms with Crippen molar-refractivity contribution in [2.24, 2.45) is 0 Å². The highest BCUT2D eigenvalue weighted by molar-refractivity contribution is 4.87. The molecule has 1 rings (SSSR count). The first-order valence-corrected chi connectivity index (χ1v) is 3.29. The van der Waals surface area contributed by atoms with Gasteiger partial charge in [0.25, 0.3) is 0 Å². The summed E-state index contributed by atoms with van der Waals surface area (Å²) < 4.78 is 4.98. The lowest BCUT2D eigenvalue weighted by Crippen LogP contribution is -2.33. The monoisotopic (exact) mass is 148 g/mol. The Hall–Kier alpha value is -0.160. The van der Waals surface area contributed by atoms with Crippen LogP contribution in [0.15, 0.2) is 0 Å². The number of hydrogen-bond donors (Lipinski definition) is 3. The Morgan fingerprint density at radius 2 is 1.90 bits per heavy atom. The van der Waals surface area contributed by atoms with Crippen LogP contribution < -0.4 is 0 Å². The van der Waals surface area contributed by atoms with E-state index in [-0.39, 0.29) is 12.7 Å². The van der Waals surface area contributed by atoms with Crippen LogP contribution in [0.3, 0.4) is 0 Å². The summed E-state index contributed by atoms with van der Waals surface area (Å²) in [6.07, 6.45) is -2.81. The summed E-state index contributed by atoms with van der Waals surface area (Å²) in [4.78, 5) is 0. The van der Waals surface area contributed by atoms with Crippen LogP contribution in [0.25, 0.3) is 0 Å². The predicted molar refractivity (Wildman–Crippen MR) is 33.4 cm³/mol. The molecule has 0 radical (unpaired) electrons. The maximum absolute atomic E-state index is 9.09. The fraction of sp³-hybridized carbons (Fsp3) is 1.00. The summed E-state index contributed by atoms with van der Waals surface area (Å²) in [5.41, 5.74) is 0. The molecule has 4 nitrogen and oxygen atoms in total. The van der Waals surface area contributed by atoms with Gasteiger partial charge in [-0.3, -0.25) is 0 Å². The van der Waals surface area contributed by atoms with Gasteiger partial charge < -0.3 is 20.1 Å². The third-order valence-electron chi connectivity index (χ3n) is 1.78. The van der Waals surface area contributed by atoms with E-state index < -0.39 is 18.3 Å². The van der Waals surface area contributed by atoms with E-state index in [9.17, 15) is 0 Å². The van der Waals surface area contributed by atoms with E-state index in [4.69, 9.17) is 20.1 Å². The predicted octanol–water partition coefficient (Wildman–Crippen LogP) is -1.51. The molecule has 1 heterocycles. The molecule has 0 saturated carbocycles. The lowest BCUT2D eigenvalue weighted by molar-refractivity contribution is -0.0171. The van der Waals surface area contributed by atoms with Gasteiger partial charge in [-0.15, -0.1) is 0 Å². The second kappa shape index (κ2) is 2.84. The smallest absolute Gasteiger partial charge is 0.111 e. The molecule has 0 aromatic heterocycles. The zero-order chi connectivity index (χ0) is 7.72. The van der Waals surface area contributed by atoms with Crippen molar-refractivity contribution < 1.29 is 20.1 Å². The first kappa shape index (κ1) is 7.94. The molecule has 1 aliphatic heterocycles. The highest BCUT2D eigenvalue weighted by atomic mass is 16.5. The molecule has 1 aliphatic rings. The Labute approximate surface area is 59.1 Å². The SMILES string of the molecule is C[C@@H]1O[C@H](CO)[C@@H](O)[C@H]1O. The van der Waals surface area contributed by atoms with E-state index in [0.29, 0.717) is 0 Å². The third-order valence-corrected chi connectivity index (χ3v) is 1.78. The Kier molecular flexibility index (Phi) is 2.25. The van der Waals surface area contributed by atoms with Crippen molar-refractivity contribution in [1.82, 2.24) is 0 Å². The van der Waals surface area contributed by atoms with Crippen molar-refractivity contribution in [2.75, 3.05) is 6.61 Å². The van der Waals surface area contributed by atoms with E-state index in [1.807, 2.05) is 0 Å². The molecule has 0 spiro atoms. The van der Waals surface area contributed by atoms with Crippen LogP contribution >= 0.6 is 0 Å². The molecule has 0 unspecified atom stereocenters. The fourth-order valence-electron chi connectivity index (χ4n) is 1.09. The summed E-state index contributed by atoms with van der Waals surface area (Å²) in [7, 11) is 0. The minimum atomic E-state index is -0.944. The van der Waals surface area contributed by atoms with Crippen molar-refractivity contribution in [3.8, 4) is 0 Å². The quantitative estimate of drug-likeness (QED) is 0.422. The molecule has 1 fully saturated rings. The standard InChI is InChI=1S/C6H12O4/c1-3-5(8)6(9)4(2-7)10-3/h3-9H,2H2,1H3/t3-,4+,5-,6+/m0/s1. The van der Waals surface area contributed by atoms with E-state index in [2.05, 4.69) is 0 Å². The van der Waals surface area contributed by atoms with Crippen LogP contribution in [0.2, 0.25) is 0 Å². The van der Waals surface area contributed by atoms with E-state index in [0.717, 1.165) is 0 Å². The third kappa shape index (κ3) is 1.15. The Morgan fingerprint density at radius 1 is 1.30 bits per heavy atom. The molecule has 4 atom stereocenters. The van der Waals surface area contributed by atoms with Crippen molar-refractivity contribution in [2.45, 2.75) is 31.3 Å². The summed E-state index contributed by atoms with van der Waals surface area (Å²) in [5.74, 6) is 0. The zero-order valence-corrected chi connectivity index (χ0v) is 5.77. The van der Waals surface area contributed by atoms with Gasteiger partial charge in [0.2, 0.25) is 0 Å². The van der Waals surface area contributed by atoms with Crippen molar-refractivity contribution in [3.63, 3.8) is 0 Å². The normalized spacial score (nSPS) is 48.0. The molecule has 0 aromatic rings. The first-order valence-electron chi connectivity index (χ1n) is 3.29. The van der Waals surface area contributed by atoms with Gasteiger partial charge in [-0.1, -0.05) is 0 Å². The van der Waals surface area contributed by atoms with Crippen molar-refractivity contribution >= 4 is 0 Å². The number of ether oxygens (including phenoxy) is 1. The highest BCUT2D eigenvalue weighted by Gasteiger charge is 2.39. The molecule has 1 saturated heterocycles. The van der Waals surface area contributed by atoms with Gasteiger partial charge in [-0.25, -0.2) is 0 Å². The molecule has 0 amide bonds. The minimum absolute atomic E-state index is 0.247. The average molecular weight is 148 g/mol. The number of aliphatic hydroxyl groups excluding tert-OH is 3. The molecule has 0 aliphatic carbocycles. The molecular formula is C6H12O4. The Bertz CT molecular complexity index is 116. The van der Waals surface area contributed by atoms with E-state index >= 15 is 0 Å². The maximum Gasteiger partial charge on any atom is 0.111 e. The summed E-state index contributed by atoms with van der Waals surface area (Å²) >= 11 is 0. The largest absolute Gasteiger partial charge is 0.394 e. The summed E-state index contributed by atoms with van der Waals surface area (Å²) in [6, 6.07) is 0. The van der Waals surface area contributed by atoms with Gasteiger partial charge in [-0.2, -0.15) is 0 Å². The van der Waals surface area contributed by atoms with Gasteiger partial charge in [0, 0.05) is 0 Å². The number of hydrogen-bond acceptors (Lipinski definition) is 4.